The Bertz CT molecular complexity index is 426. The van der Waals surface area contributed by atoms with Crippen molar-refractivity contribution in [2.75, 3.05) is 0 Å². The average molecular weight is 220 g/mol. The van der Waals surface area contributed by atoms with Gasteiger partial charge >= 0.3 is 11.9 Å². The molecular weight excluding hydrogens is 208 g/mol. The predicted octanol–water partition coefficient (Wildman–Crippen LogP) is 0.713. The summed E-state index contributed by atoms with van der Waals surface area (Å²) in [6.45, 7) is 0. The highest BCUT2D eigenvalue weighted by Gasteiger charge is 2.29. The van der Waals surface area contributed by atoms with E-state index in [4.69, 9.17) is 0 Å². The molecule has 78 valence electrons. The van der Waals surface area contributed by atoms with Crippen molar-refractivity contribution in [2.45, 2.75) is 18.9 Å². The van der Waals surface area contributed by atoms with E-state index in [1.54, 1.807) is 12.1 Å². The van der Waals surface area contributed by atoms with E-state index in [1.165, 1.54) is 16.3 Å². The maximum atomic E-state index is 11.3. The van der Waals surface area contributed by atoms with Gasteiger partial charge in [-0.2, -0.15) is 0 Å². The number of hydrogen-bond acceptors (Lipinski definition) is 3. The quantitative estimate of drug-likeness (QED) is 0.428. The smallest absolute Gasteiger partial charge is 0.346 e. The van der Waals surface area contributed by atoms with Gasteiger partial charge in [-0.3, -0.25) is 0 Å². The summed E-state index contributed by atoms with van der Waals surface area (Å²) in [5, 5.41) is 0. The third kappa shape index (κ3) is 1.85. The predicted molar refractivity (Wildman–Crippen MR) is 59.3 cm³/mol. The van der Waals surface area contributed by atoms with E-state index >= 15 is 0 Å². The van der Waals surface area contributed by atoms with Crippen LogP contribution < -0.4 is 0 Å². The number of aryl methyl sites for hydroxylation is 1. The molecule has 0 aliphatic carbocycles. The molecule has 4 heteroatoms. The number of ether oxygens (including phenoxy) is 1. The zero-order valence-electron chi connectivity index (χ0n) is 8.58. The van der Waals surface area contributed by atoms with Crippen LogP contribution in [0.5, 0.6) is 0 Å². The fraction of sp³-hybridized carbons (Fsp3) is 0.273. The van der Waals surface area contributed by atoms with Gasteiger partial charge < -0.3 is 4.74 Å². The Balaban J connectivity index is 2.30. The summed E-state index contributed by atoms with van der Waals surface area (Å²) in [4.78, 5) is 22.4. The molecule has 1 heterocycles. The highest BCUT2D eigenvalue weighted by molar-refractivity contribution is 6.14. The maximum Gasteiger partial charge on any atom is 0.346 e. The molecule has 15 heavy (non-hydrogen) atoms. The molecule has 1 aliphatic heterocycles. The lowest BCUT2D eigenvalue weighted by molar-refractivity contribution is 0.0444. The summed E-state index contributed by atoms with van der Waals surface area (Å²) in [7, 11) is 1.21. The number of carbonyl (C=O) groups excluding carboxylic acids is 2. The minimum atomic E-state index is -0.524. The Kier molecular flexibility index (Phi) is 2.68. The molecule has 1 aromatic rings. The number of carbonyl (C=O) groups is 2. The van der Waals surface area contributed by atoms with Gasteiger partial charge in [0.15, 0.2) is 0 Å². The fourth-order valence-corrected chi connectivity index (χ4v) is 2.02. The SMILES string of the molecule is O=C1OC(=O)c2cc(CCC[SiH3])ccc21. The van der Waals surface area contributed by atoms with E-state index in [-0.39, 0.29) is 0 Å². The lowest BCUT2D eigenvalue weighted by Crippen LogP contribution is -1.97. The van der Waals surface area contributed by atoms with Crippen molar-refractivity contribution in [3.05, 3.63) is 34.9 Å². The topological polar surface area (TPSA) is 43.4 Å². The Morgan fingerprint density at radius 1 is 1.13 bits per heavy atom. The van der Waals surface area contributed by atoms with E-state index in [2.05, 4.69) is 4.74 Å². The number of benzene rings is 1. The van der Waals surface area contributed by atoms with Gasteiger partial charge in [0.1, 0.15) is 0 Å². The molecule has 0 saturated carbocycles. The highest BCUT2D eigenvalue weighted by Crippen LogP contribution is 2.21. The highest BCUT2D eigenvalue weighted by atomic mass is 28.1. The minimum Gasteiger partial charge on any atom is -0.386 e. The Morgan fingerprint density at radius 2 is 1.87 bits per heavy atom. The second-order valence-corrected chi connectivity index (χ2v) is 4.66. The summed E-state index contributed by atoms with van der Waals surface area (Å²) in [6.07, 6.45) is 2.12. The van der Waals surface area contributed by atoms with Gasteiger partial charge in [-0.1, -0.05) is 18.5 Å². The molecule has 0 atom stereocenters. The zero-order valence-corrected chi connectivity index (χ0v) is 10.6. The molecule has 0 unspecified atom stereocenters. The molecule has 0 radical (unpaired) electrons. The summed E-state index contributed by atoms with van der Waals surface area (Å²) < 4.78 is 4.52. The first-order chi connectivity index (χ1) is 7.22. The average Bonchev–Trinajstić information content (AvgIpc) is 2.52. The van der Waals surface area contributed by atoms with Crippen LogP contribution in [0.4, 0.5) is 0 Å². The molecule has 0 saturated heterocycles. The van der Waals surface area contributed by atoms with Crippen molar-refractivity contribution in [3.8, 4) is 0 Å². The number of cyclic esters (lactones) is 2. The van der Waals surface area contributed by atoms with Crippen molar-refractivity contribution in [2.24, 2.45) is 0 Å². The first-order valence-electron chi connectivity index (χ1n) is 5.12. The van der Waals surface area contributed by atoms with Gasteiger partial charge in [-0.05, 0) is 24.1 Å². The van der Waals surface area contributed by atoms with Crippen molar-refractivity contribution < 1.29 is 14.3 Å². The summed E-state index contributed by atoms with van der Waals surface area (Å²) in [5.74, 6) is -1.04. The zero-order chi connectivity index (χ0) is 10.8. The largest absolute Gasteiger partial charge is 0.386 e. The van der Waals surface area contributed by atoms with E-state index in [0.717, 1.165) is 18.4 Å². The first-order valence-corrected chi connectivity index (χ1v) is 6.53. The molecule has 0 N–H and O–H groups in total. The standard InChI is InChI=1S/C11H12O3Si/c12-10-8-4-3-7(2-1-5-15)6-9(8)11(13)14-10/h3-4,6H,1-2,5H2,15H3. The van der Waals surface area contributed by atoms with Gasteiger partial charge in [-0.15, -0.1) is 0 Å². The van der Waals surface area contributed by atoms with Crippen molar-refractivity contribution in [1.82, 2.24) is 0 Å². The molecule has 0 bridgehead atoms. The van der Waals surface area contributed by atoms with Crippen LogP contribution in [0.15, 0.2) is 18.2 Å². The first kappa shape index (κ1) is 10.1. The molecule has 2 rings (SSSR count). The van der Waals surface area contributed by atoms with Crippen molar-refractivity contribution >= 4 is 22.2 Å². The number of rotatable bonds is 3. The number of esters is 2. The second-order valence-electron chi connectivity index (χ2n) is 3.66. The Labute approximate surface area is 90.9 Å². The van der Waals surface area contributed by atoms with Gasteiger partial charge in [0.05, 0.1) is 11.1 Å². The summed E-state index contributed by atoms with van der Waals surface area (Å²) >= 11 is 0. The molecule has 3 nitrogen and oxygen atoms in total. The summed E-state index contributed by atoms with van der Waals surface area (Å²) in [6, 6.07) is 6.61. The molecule has 0 aromatic heterocycles. The monoisotopic (exact) mass is 220 g/mol. The molecule has 0 amide bonds. The van der Waals surface area contributed by atoms with Crippen LogP contribution in [0.3, 0.4) is 0 Å². The molecule has 1 aliphatic rings. The van der Waals surface area contributed by atoms with Gasteiger partial charge in [-0.25, -0.2) is 9.59 Å². The second kappa shape index (κ2) is 3.98. The number of fused-ring (bicyclic) bond motifs is 1. The molecule has 0 spiro atoms. The van der Waals surface area contributed by atoms with E-state index in [0.29, 0.717) is 11.1 Å². The Morgan fingerprint density at radius 3 is 2.60 bits per heavy atom. The van der Waals surface area contributed by atoms with Crippen LogP contribution in [0.25, 0.3) is 0 Å². The number of hydrogen-bond donors (Lipinski definition) is 0. The van der Waals surface area contributed by atoms with Crippen LogP contribution in [0, 0.1) is 0 Å². The lowest BCUT2D eigenvalue weighted by Gasteiger charge is -2.00. The lowest BCUT2D eigenvalue weighted by atomic mass is 10.0. The van der Waals surface area contributed by atoms with Crippen LogP contribution in [0.2, 0.25) is 6.04 Å². The normalized spacial score (nSPS) is 14.1. The maximum absolute atomic E-state index is 11.3. The van der Waals surface area contributed by atoms with Crippen LogP contribution in [0.1, 0.15) is 32.7 Å². The molecule has 0 fully saturated rings. The third-order valence-electron chi connectivity index (χ3n) is 2.53. The molecular formula is C11H12O3Si. The summed E-state index contributed by atoms with van der Waals surface area (Å²) in [5.41, 5.74) is 1.93. The molecule has 1 aromatic carbocycles. The fourth-order valence-electron chi connectivity index (χ4n) is 1.67. The van der Waals surface area contributed by atoms with Crippen LogP contribution in [-0.4, -0.2) is 22.2 Å². The van der Waals surface area contributed by atoms with E-state index < -0.39 is 11.9 Å². The minimum absolute atomic E-state index is 0.398. The van der Waals surface area contributed by atoms with Gasteiger partial charge in [0.25, 0.3) is 0 Å². The van der Waals surface area contributed by atoms with Crippen molar-refractivity contribution in [3.63, 3.8) is 0 Å². The Hall–Kier alpha value is -1.42. The van der Waals surface area contributed by atoms with Gasteiger partial charge in [0, 0.05) is 10.2 Å². The third-order valence-corrected chi connectivity index (χ3v) is 3.24. The van der Waals surface area contributed by atoms with Crippen LogP contribution >= 0.6 is 0 Å². The van der Waals surface area contributed by atoms with Crippen molar-refractivity contribution in [1.29, 1.82) is 0 Å². The van der Waals surface area contributed by atoms with Crippen LogP contribution in [-0.2, 0) is 11.2 Å². The van der Waals surface area contributed by atoms with Gasteiger partial charge in [0.2, 0.25) is 0 Å². The van der Waals surface area contributed by atoms with E-state index in [9.17, 15) is 9.59 Å². The van der Waals surface area contributed by atoms with E-state index in [1.807, 2.05) is 6.07 Å².